The van der Waals surface area contributed by atoms with Crippen LogP contribution in [0.25, 0.3) is 16.7 Å². The van der Waals surface area contributed by atoms with Crippen LogP contribution in [0, 0.1) is 0 Å². The number of benzene rings is 1. The molecule has 0 aliphatic carbocycles. The quantitative estimate of drug-likeness (QED) is 0.527. The van der Waals surface area contributed by atoms with E-state index >= 15 is 0 Å². The third-order valence-electron chi connectivity index (χ3n) is 3.98. The van der Waals surface area contributed by atoms with Crippen LogP contribution < -0.4 is 10.1 Å². The lowest BCUT2D eigenvalue weighted by Gasteiger charge is -2.09. The number of fused-ring (bicyclic) bond motifs is 1. The van der Waals surface area contributed by atoms with E-state index in [1.165, 1.54) is 12.5 Å². The SMILES string of the molecule is FC(F)COc1cc(CNc2ncnc3c2cnn3-c2ccccc2)ccn1. The highest BCUT2D eigenvalue weighted by atomic mass is 19.3. The Bertz CT molecular complexity index is 1070. The van der Waals surface area contributed by atoms with Crippen LogP contribution in [0.4, 0.5) is 14.6 Å². The van der Waals surface area contributed by atoms with E-state index in [-0.39, 0.29) is 5.88 Å². The number of aromatic nitrogens is 5. The minimum atomic E-state index is -2.54. The first-order valence-electron chi connectivity index (χ1n) is 8.54. The zero-order valence-electron chi connectivity index (χ0n) is 14.7. The first kappa shape index (κ1) is 17.8. The summed E-state index contributed by atoms with van der Waals surface area (Å²) in [6.07, 6.45) is 2.14. The summed E-state index contributed by atoms with van der Waals surface area (Å²) in [4.78, 5) is 12.6. The van der Waals surface area contributed by atoms with E-state index in [9.17, 15) is 8.78 Å². The number of rotatable bonds is 7. The fourth-order valence-corrected chi connectivity index (χ4v) is 2.72. The number of halogens is 2. The van der Waals surface area contributed by atoms with Crippen molar-refractivity contribution in [3.8, 4) is 11.6 Å². The number of alkyl halides is 2. The summed E-state index contributed by atoms with van der Waals surface area (Å²) < 4.78 is 31.2. The first-order chi connectivity index (χ1) is 13.7. The van der Waals surface area contributed by atoms with E-state index < -0.39 is 13.0 Å². The fourth-order valence-electron chi connectivity index (χ4n) is 2.72. The summed E-state index contributed by atoms with van der Waals surface area (Å²) in [5.74, 6) is 0.781. The van der Waals surface area contributed by atoms with Crippen LogP contribution in [0.1, 0.15) is 5.56 Å². The highest BCUT2D eigenvalue weighted by Gasteiger charge is 2.11. The van der Waals surface area contributed by atoms with Gasteiger partial charge in [0.15, 0.2) is 12.3 Å². The van der Waals surface area contributed by atoms with Gasteiger partial charge in [0, 0.05) is 18.8 Å². The topological polar surface area (TPSA) is 77.8 Å². The molecule has 4 rings (SSSR count). The Kier molecular flexibility index (Phi) is 5.05. The van der Waals surface area contributed by atoms with Crippen LogP contribution in [-0.4, -0.2) is 37.8 Å². The van der Waals surface area contributed by atoms with E-state index in [4.69, 9.17) is 4.74 Å². The third kappa shape index (κ3) is 3.88. The lowest BCUT2D eigenvalue weighted by atomic mass is 10.2. The second-order valence-electron chi connectivity index (χ2n) is 5.91. The monoisotopic (exact) mass is 382 g/mol. The molecule has 3 aromatic heterocycles. The first-order valence-corrected chi connectivity index (χ1v) is 8.54. The highest BCUT2D eigenvalue weighted by Crippen LogP contribution is 2.22. The summed E-state index contributed by atoms with van der Waals surface area (Å²) >= 11 is 0. The molecule has 0 saturated heterocycles. The van der Waals surface area contributed by atoms with Crippen molar-refractivity contribution in [2.75, 3.05) is 11.9 Å². The van der Waals surface area contributed by atoms with Gasteiger partial charge in [-0.3, -0.25) is 0 Å². The van der Waals surface area contributed by atoms with Crippen molar-refractivity contribution in [2.24, 2.45) is 0 Å². The second kappa shape index (κ2) is 7.95. The molecule has 0 atom stereocenters. The van der Waals surface area contributed by atoms with E-state index in [0.717, 1.165) is 16.6 Å². The van der Waals surface area contributed by atoms with Gasteiger partial charge in [0.25, 0.3) is 6.43 Å². The van der Waals surface area contributed by atoms with Crippen molar-refractivity contribution in [3.63, 3.8) is 0 Å². The molecule has 0 amide bonds. The Labute approximate surface area is 159 Å². The summed E-state index contributed by atoms with van der Waals surface area (Å²) in [5.41, 5.74) is 2.40. The maximum atomic E-state index is 12.3. The van der Waals surface area contributed by atoms with Gasteiger partial charge < -0.3 is 10.1 Å². The Morgan fingerprint density at radius 3 is 2.75 bits per heavy atom. The molecule has 7 nitrogen and oxygen atoms in total. The Morgan fingerprint density at radius 1 is 1.07 bits per heavy atom. The molecular formula is C19H16F2N6O. The molecule has 28 heavy (non-hydrogen) atoms. The minimum Gasteiger partial charge on any atom is -0.472 e. The molecule has 1 N–H and O–H groups in total. The minimum absolute atomic E-state index is 0.157. The number of ether oxygens (including phenoxy) is 1. The molecule has 0 unspecified atom stereocenters. The molecular weight excluding hydrogens is 366 g/mol. The van der Waals surface area contributed by atoms with Gasteiger partial charge in [0.1, 0.15) is 12.1 Å². The van der Waals surface area contributed by atoms with Gasteiger partial charge in [0.2, 0.25) is 5.88 Å². The van der Waals surface area contributed by atoms with Gasteiger partial charge in [-0.15, -0.1) is 0 Å². The van der Waals surface area contributed by atoms with Crippen LogP contribution in [0.5, 0.6) is 5.88 Å². The maximum absolute atomic E-state index is 12.3. The van der Waals surface area contributed by atoms with E-state index in [2.05, 4.69) is 25.4 Å². The van der Waals surface area contributed by atoms with Crippen molar-refractivity contribution in [3.05, 3.63) is 66.7 Å². The Morgan fingerprint density at radius 2 is 1.93 bits per heavy atom. The summed E-state index contributed by atoms with van der Waals surface area (Å²) in [7, 11) is 0. The second-order valence-corrected chi connectivity index (χ2v) is 5.91. The van der Waals surface area contributed by atoms with Crippen LogP contribution in [0.3, 0.4) is 0 Å². The number of hydrogen-bond donors (Lipinski definition) is 1. The number of nitrogens with one attached hydrogen (secondary N) is 1. The molecule has 9 heteroatoms. The van der Waals surface area contributed by atoms with Gasteiger partial charge >= 0.3 is 0 Å². The molecule has 0 radical (unpaired) electrons. The summed E-state index contributed by atoms with van der Waals surface area (Å²) in [6, 6.07) is 13.1. The molecule has 0 aliphatic heterocycles. The average Bonchev–Trinajstić information content (AvgIpc) is 3.16. The molecule has 3 heterocycles. The Balaban J connectivity index is 1.53. The molecule has 4 aromatic rings. The molecule has 1 aromatic carbocycles. The van der Waals surface area contributed by atoms with Crippen molar-refractivity contribution in [1.82, 2.24) is 24.7 Å². The predicted molar refractivity (Wildman–Crippen MR) is 99.7 cm³/mol. The van der Waals surface area contributed by atoms with E-state index in [1.54, 1.807) is 23.0 Å². The maximum Gasteiger partial charge on any atom is 0.272 e. The molecule has 0 fully saturated rings. The largest absolute Gasteiger partial charge is 0.472 e. The third-order valence-corrected chi connectivity index (χ3v) is 3.98. The van der Waals surface area contributed by atoms with Crippen molar-refractivity contribution >= 4 is 16.9 Å². The zero-order chi connectivity index (χ0) is 19.3. The molecule has 0 spiro atoms. The van der Waals surface area contributed by atoms with Gasteiger partial charge in [-0.1, -0.05) is 18.2 Å². The van der Waals surface area contributed by atoms with Crippen LogP contribution >= 0.6 is 0 Å². The van der Waals surface area contributed by atoms with Crippen LogP contribution in [0.15, 0.2) is 61.2 Å². The number of nitrogens with zero attached hydrogens (tertiary/aromatic N) is 5. The van der Waals surface area contributed by atoms with Crippen molar-refractivity contribution in [2.45, 2.75) is 13.0 Å². The molecule has 142 valence electrons. The van der Waals surface area contributed by atoms with Gasteiger partial charge in [0.05, 0.1) is 17.3 Å². The van der Waals surface area contributed by atoms with Gasteiger partial charge in [-0.2, -0.15) is 5.10 Å². The van der Waals surface area contributed by atoms with E-state index in [0.29, 0.717) is 18.0 Å². The van der Waals surface area contributed by atoms with E-state index in [1.807, 2.05) is 30.3 Å². The Hall–Kier alpha value is -3.62. The zero-order valence-corrected chi connectivity index (χ0v) is 14.7. The lowest BCUT2D eigenvalue weighted by Crippen LogP contribution is -2.08. The van der Waals surface area contributed by atoms with Crippen LogP contribution in [-0.2, 0) is 6.54 Å². The summed E-state index contributed by atoms with van der Waals surface area (Å²) in [5, 5.41) is 8.41. The molecule has 0 aliphatic rings. The average molecular weight is 382 g/mol. The van der Waals surface area contributed by atoms with Gasteiger partial charge in [-0.25, -0.2) is 28.4 Å². The number of anilines is 1. The predicted octanol–water partition coefficient (Wildman–Crippen LogP) is 3.47. The van der Waals surface area contributed by atoms with Gasteiger partial charge in [-0.05, 0) is 23.8 Å². The smallest absolute Gasteiger partial charge is 0.272 e. The normalized spacial score (nSPS) is 11.1. The lowest BCUT2D eigenvalue weighted by molar-refractivity contribution is 0.0795. The molecule has 0 saturated carbocycles. The number of hydrogen-bond acceptors (Lipinski definition) is 6. The fraction of sp³-hybridized carbons (Fsp3) is 0.158. The number of para-hydroxylation sites is 1. The standard InChI is InChI=1S/C19H16F2N6O/c20-16(21)11-28-17-8-13(6-7-22-17)9-23-18-15-10-26-27(19(15)25-12-24-18)14-4-2-1-3-5-14/h1-8,10,12,16H,9,11H2,(H,23,24,25). The highest BCUT2D eigenvalue weighted by molar-refractivity contribution is 5.87. The summed E-state index contributed by atoms with van der Waals surface area (Å²) in [6.45, 7) is -0.273. The van der Waals surface area contributed by atoms with Crippen LogP contribution in [0.2, 0.25) is 0 Å². The molecule has 0 bridgehead atoms. The van der Waals surface area contributed by atoms with Crippen molar-refractivity contribution in [1.29, 1.82) is 0 Å². The number of pyridine rings is 1. The van der Waals surface area contributed by atoms with Crippen molar-refractivity contribution < 1.29 is 13.5 Å².